The zero-order valence-electron chi connectivity index (χ0n) is 11.8. The normalized spacial score (nSPS) is 33.1. The Hall–Kier alpha value is -0.900. The lowest BCUT2D eigenvalue weighted by Gasteiger charge is -2.42. The van der Waals surface area contributed by atoms with E-state index in [0.29, 0.717) is 0 Å². The number of aliphatic hydroxyl groups excluding tert-OH is 1. The predicted octanol–water partition coefficient (Wildman–Crippen LogP) is 1.58. The number of rotatable bonds is 2. The van der Waals surface area contributed by atoms with E-state index in [9.17, 15) is 5.11 Å². The monoisotopic (exact) mass is 260 g/mol. The fraction of sp³-hybridized carbons (Fsp3) is 0.625. The molecule has 2 fully saturated rings. The van der Waals surface area contributed by atoms with Crippen molar-refractivity contribution in [3.8, 4) is 0 Å². The molecule has 1 N–H and O–H groups in total. The molecule has 1 aromatic rings. The van der Waals surface area contributed by atoms with Crippen LogP contribution in [0.1, 0.15) is 18.4 Å². The number of nitrogens with zero attached hydrogens (tertiary/aromatic N) is 2. The highest BCUT2D eigenvalue weighted by atomic mass is 16.3. The number of likely N-dealkylation sites (N-methyl/N-ethyl adjacent to an activating group) is 1. The van der Waals surface area contributed by atoms with Gasteiger partial charge in [-0.25, -0.2) is 0 Å². The number of likely N-dealkylation sites (tertiary alicyclic amines) is 2. The van der Waals surface area contributed by atoms with Gasteiger partial charge in [-0.15, -0.1) is 0 Å². The Balaban J connectivity index is 1.64. The summed E-state index contributed by atoms with van der Waals surface area (Å²) in [5.74, 6) is 0. The quantitative estimate of drug-likeness (QED) is 0.874. The van der Waals surface area contributed by atoms with Crippen LogP contribution in [-0.4, -0.2) is 54.2 Å². The van der Waals surface area contributed by atoms with Crippen molar-refractivity contribution >= 4 is 0 Å². The topological polar surface area (TPSA) is 26.7 Å². The molecule has 2 aliphatic rings. The molecule has 0 aliphatic carbocycles. The standard InChI is InChI=1S/C16H24N2O/c1-17-9-7-16(15(19)12-17)8-10-18(13-16)11-14-5-3-2-4-6-14/h2-6,15,19H,7-13H2,1H3. The molecule has 3 rings (SSSR count). The van der Waals surface area contributed by atoms with Gasteiger partial charge in [0.1, 0.15) is 0 Å². The highest BCUT2D eigenvalue weighted by Crippen LogP contribution is 2.40. The van der Waals surface area contributed by atoms with Gasteiger partial charge in [0.25, 0.3) is 0 Å². The first-order chi connectivity index (χ1) is 9.18. The summed E-state index contributed by atoms with van der Waals surface area (Å²) in [5.41, 5.74) is 1.53. The third-order valence-corrected chi connectivity index (χ3v) is 4.90. The summed E-state index contributed by atoms with van der Waals surface area (Å²) < 4.78 is 0. The van der Waals surface area contributed by atoms with Crippen molar-refractivity contribution < 1.29 is 5.11 Å². The van der Waals surface area contributed by atoms with Gasteiger partial charge in [-0.1, -0.05) is 30.3 Å². The molecule has 1 spiro atoms. The molecule has 2 saturated heterocycles. The van der Waals surface area contributed by atoms with Crippen LogP contribution in [-0.2, 0) is 6.54 Å². The predicted molar refractivity (Wildman–Crippen MR) is 76.9 cm³/mol. The minimum Gasteiger partial charge on any atom is -0.391 e. The van der Waals surface area contributed by atoms with E-state index in [-0.39, 0.29) is 11.5 Å². The van der Waals surface area contributed by atoms with Crippen molar-refractivity contribution in [1.82, 2.24) is 9.80 Å². The molecule has 3 nitrogen and oxygen atoms in total. The zero-order valence-corrected chi connectivity index (χ0v) is 11.8. The lowest BCUT2D eigenvalue weighted by molar-refractivity contribution is -0.0329. The highest BCUT2D eigenvalue weighted by Gasteiger charge is 2.45. The van der Waals surface area contributed by atoms with Crippen LogP contribution in [0.25, 0.3) is 0 Å². The first-order valence-corrected chi connectivity index (χ1v) is 7.31. The summed E-state index contributed by atoms with van der Waals surface area (Å²) >= 11 is 0. The second-order valence-corrected chi connectivity index (χ2v) is 6.34. The minimum absolute atomic E-state index is 0.154. The van der Waals surface area contributed by atoms with Crippen LogP contribution >= 0.6 is 0 Å². The van der Waals surface area contributed by atoms with E-state index in [2.05, 4.69) is 47.2 Å². The molecule has 19 heavy (non-hydrogen) atoms. The lowest BCUT2D eigenvalue weighted by atomic mass is 9.75. The smallest absolute Gasteiger partial charge is 0.0736 e. The Labute approximate surface area is 115 Å². The molecular formula is C16H24N2O. The summed E-state index contributed by atoms with van der Waals surface area (Å²) in [6.45, 7) is 5.15. The SMILES string of the molecule is CN1CCC2(CCN(Cc3ccccc3)C2)C(O)C1. The third kappa shape index (κ3) is 2.69. The molecule has 2 atom stereocenters. The average Bonchev–Trinajstić information content (AvgIpc) is 2.81. The van der Waals surface area contributed by atoms with Crippen LogP contribution in [0.4, 0.5) is 0 Å². The van der Waals surface area contributed by atoms with Crippen LogP contribution < -0.4 is 0 Å². The summed E-state index contributed by atoms with van der Waals surface area (Å²) in [5, 5.41) is 10.4. The molecule has 2 heterocycles. The molecule has 0 aromatic heterocycles. The Kier molecular flexibility index (Phi) is 3.61. The van der Waals surface area contributed by atoms with Gasteiger partial charge in [-0.3, -0.25) is 4.90 Å². The number of benzene rings is 1. The average molecular weight is 260 g/mol. The van der Waals surface area contributed by atoms with Crippen molar-refractivity contribution in [2.45, 2.75) is 25.5 Å². The molecular weight excluding hydrogens is 236 g/mol. The van der Waals surface area contributed by atoms with Gasteiger partial charge in [0.05, 0.1) is 6.10 Å². The van der Waals surface area contributed by atoms with E-state index >= 15 is 0 Å². The second kappa shape index (κ2) is 5.23. The second-order valence-electron chi connectivity index (χ2n) is 6.34. The number of aliphatic hydroxyl groups is 1. The molecule has 0 bridgehead atoms. The highest BCUT2D eigenvalue weighted by molar-refractivity contribution is 5.15. The Morgan fingerprint density at radius 1 is 1.21 bits per heavy atom. The Morgan fingerprint density at radius 3 is 2.68 bits per heavy atom. The maximum Gasteiger partial charge on any atom is 0.0736 e. The summed E-state index contributed by atoms with van der Waals surface area (Å²) in [6.07, 6.45) is 2.12. The molecule has 0 radical (unpaired) electrons. The summed E-state index contributed by atoms with van der Waals surface area (Å²) in [6, 6.07) is 10.7. The number of hydrogen-bond donors (Lipinski definition) is 1. The molecule has 104 valence electrons. The van der Waals surface area contributed by atoms with Crippen LogP contribution in [0, 0.1) is 5.41 Å². The van der Waals surface area contributed by atoms with Crippen LogP contribution in [0.5, 0.6) is 0 Å². The van der Waals surface area contributed by atoms with Crippen molar-refractivity contribution in [3.05, 3.63) is 35.9 Å². The molecule has 2 aliphatic heterocycles. The van der Waals surface area contributed by atoms with Crippen LogP contribution in [0.3, 0.4) is 0 Å². The Morgan fingerprint density at radius 2 is 1.95 bits per heavy atom. The first kappa shape index (κ1) is 13.1. The van der Waals surface area contributed by atoms with E-state index in [0.717, 1.165) is 45.6 Å². The van der Waals surface area contributed by atoms with E-state index in [1.165, 1.54) is 5.56 Å². The van der Waals surface area contributed by atoms with Crippen LogP contribution in [0.2, 0.25) is 0 Å². The fourth-order valence-electron chi connectivity index (χ4n) is 3.60. The van der Waals surface area contributed by atoms with E-state index in [1.807, 2.05) is 0 Å². The molecule has 0 saturated carbocycles. The lowest BCUT2D eigenvalue weighted by Crippen LogP contribution is -2.50. The van der Waals surface area contributed by atoms with Gasteiger partial charge in [0, 0.05) is 25.0 Å². The molecule has 1 aromatic carbocycles. The summed E-state index contributed by atoms with van der Waals surface area (Å²) in [7, 11) is 2.10. The van der Waals surface area contributed by atoms with Gasteiger partial charge in [0.15, 0.2) is 0 Å². The fourth-order valence-corrected chi connectivity index (χ4v) is 3.60. The minimum atomic E-state index is -0.160. The molecule has 3 heteroatoms. The zero-order chi connectivity index (χ0) is 13.3. The third-order valence-electron chi connectivity index (χ3n) is 4.90. The number of hydrogen-bond acceptors (Lipinski definition) is 3. The van der Waals surface area contributed by atoms with Gasteiger partial charge in [-0.2, -0.15) is 0 Å². The van der Waals surface area contributed by atoms with Gasteiger partial charge in [-0.05, 0) is 38.5 Å². The largest absolute Gasteiger partial charge is 0.391 e. The van der Waals surface area contributed by atoms with E-state index < -0.39 is 0 Å². The van der Waals surface area contributed by atoms with E-state index in [4.69, 9.17) is 0 Å². The maximum atomic E-state index is 10.4. The number of piperidine rings is 1. The van der Waals surface area contributed by atoms with Gasteiger partial charge >= 0.3 is 0 Å². The van der Waals surface area contributed by atoms with Crippen molar-refractivity contribution in [1.29, 1.82) is 0 Å². The Bertz CT molecular complexity index is 422. The van der Waals surface area contributed by atoms with Gasteiger partial charge < -0.3 is 10.0 Å². The van der Waals surface area contributed by atoms with Crippen molar-refractivity contribution in [2.75, 3.05) is 33.2 Å². The molecule has 2 unspecified atom stereocenters. The van der Waals surface area contributed by atoms with Crippen molar-refractivity contribution in [2.24, 2.45) is 5.41 Å². The van der Waals surface area contributed by atoms with E-state index in [1.54, 1.807) is 0 Å². The first-order valence-electron chi connectivity index (χ1n) is 7.31. The van der Waals surface area contributed by atoms with Crippen LogP contribution in [0.15, 0.2) is 30.3 Å². The molecule has 0 amide bonds. The number of β-amino-alcohol motifs (C(OH)–C–C–N with tert-alkyl or cyclic N) is 1. The van der Waals surface area contributed by atoms with Crippen molar-refractivity contribution in [3.63, 3.8) is 0 Å². The summed E-state index contributed by atoms with van der Waals surface area (Å²) in [4.78, 5) is 4.75. The maximum absolute atomic E-state index is 10.4. The van der Waals surface area contributed by atoms with Gasteiger partial charge in [0.2, 0.25) is 0 Å².